The monoisotopic (exact) mass is 259 g/mol. The second kappa shape index (κ2) is 4.61. The Morgan fingerprint density at radius 1 is 1.06 bits per heavy atom. The molecule has 0 saturated heterocycles. The summed E-state index contributed by atoms with van der Waals surface area (Å²) in [6.45, 7) is 0. The van der Waals surface area contributed by atoms with Crippen LogP contribution >= 0.6 is 22.7 Å². The lowest BCUT2D eigenvalue weighted by atomic mass is 10.0. The van der Waals surface area contributed by atoms with Gasteiger partial charge in [0.05, 0.1) is 0 Å². The van der Waals surface area contributed by atoms with Gasteiger partial charge in [0.25, 0.3) is 0 Å². The first-order valence-corrected chi connectivity index (χ1v) is 7.34. The van der Waals surface area contributed by atoms with Crippen molar-refractivity contribution in [3.63, 3.8) is 0 Å². The summed E-state index contributed by atoms with van der Waals surface area (Å²) in [6.07, 6.45) is 0.921. The van der Waals surface area contributed by atoms with Crippen LogP contribution in [0.2, 0.25) is 0 Å². The molecule has 3 aromatic rings. The van der Waals surface area contributed by atoms with Gasteiger partial charge in [0, 0.05) is 15.6 Å². The fourth-order valence-electron chi connectivity index (χ4n) is 2.03. The minimum Gasteiger partial charge on any atom is -0.323 e. The van der Waals surface area contributed by atoms with Crippen LogP contribution in [0.1, 0.15) is 16.5 Å². The number of hydrogen-bond acceptors (Lipinski definition) is 3. The predicted octanol–water partition coefficient (Wildman–Crippen LogP) is 4.21. The van der Waals surface area contributed by atoms with E-state index >= 15 is 0 Å². The first-order chi connectivity index (χ1) is 8.34. The Balaban J connectivity index is 1.90. The summed E-state index contributed by atoms with van der Waals surface area (Å²) in [7, 11) is 0. The third-order valence-corrected chi connectivity index (χ3v) is 4.93. The molecular formula is C14H13NS2. The van der Waals surface area contributed by atoms with Gasteiger partial charge in [0.2, 0.25) is 0 Å². The first-order valence-electron chi connectivity index (χ1n) is 5.58. The molecule has 86 valence electrons. The van der Waals surface area contributed by atoms with Crippen molar-refractivity contribution in [2.24, 2.45) is 5.73 Å². The molecule has 0 bridgehead atoms. The van der Waals surface area contributed by atoms with Crippen molar-refractivity contribution >= 4 is 32.8 Å². The van der Waals surface area contributed by atoms with Gasteiger partial charge in [-0.15, -0.1) is 22.7 Å². The molecule has 1 atom stereocenters. The maximum atomic E-state index is 6.24. The fourth-order valence-corrected chi connectivity index (χ4v) is 3.74. The Labute approximate surface area is 109 Å². The van der Waals surface area contributed by atoms with Crippen LogP contribution in [0.25, 0.3) is 10.1 Å². The van der Waals surface area contributed by atoms with Gasteiger partial charge >= 0.3 is 0 Å². The van der Waals surface area contributed by atoms with E-state index in [1.807, 2.05) is 0 Å². The molecule has 2 heterocycles. The average molecular weight is 259 g/mol. The highest BCUT2D eigenvalue weighted by Gasteiger charge is 2.11. The van der Waals surface area contributed by atoms with E-state index < -0.39 is 0 Å². The molecule has 0 aliphatic rings. The molecule has 2 N–H and O–H groups in total. The van der Waals surface area contributed by atoms with Crippen LogP contribution in [-0.2, 0) is 6.42 Å². The van der Waals surface area contributed by atoms with Crippen molar-refractivity contribution in [3.8, 4) is 0 Å². The van der Waals surface area contributed by atoms with Crippen LogP contribution in [-0.4, -0.2) is 0 Å². The van der Waals surface area contributed by atoms with E-state index in [9.17, 15) is 0 Å². The van der Waals surface area contributed by atoms with Gasteiger partial charge in [0.15, 0.2) is 0 Å². The molecule has 1 nitrogen and oxygen atoms in total. The normalized spacial score (nSPS) is 13.0. The first kappa shape index (κ1) is 11.0. The minimum atomic E-state index is 0.119. The van der Waals surface area contributed by atoms with Crippen molar-refractivity contribution < 1.29 is 0 Å². The van der Waals surface area contributed by atoms with Crippen LogP contribution in [0.3, 0.4) is 0 Å². The van der Waals surface area contributed by atoms with E-state index in [1.165, 1.54) is 20.5 Å². The zero-order valence-corrected chi connectivity index (χ0v) is 10.9. The van der Waals surface area contributed by atoms with Crippen LogP contribution < -0.4 is 5.73 Å². The summed E-state index contributed by atoms with van der Waals surface area (Å²) in [4.78, 5) is 1.26. The number of benzene rings is 1. The number of fused-ring (bicyclic) bond motifs is 1. The van der Waals surface area contributed by atoms with E-state index in [1.54, 1.807) is 22.7 Å². The van der Waals surface area contributed by atoms with Crippen LogP contribution in [0, 0.1) is 0 Å². The van der Waals surface area contributed by atoms with Gasteiger partial charge < -0.3 is 5.73 Å². The van der Waals surface area contributed by atoms with Crippen molar-refractivity contribution in [3.05, 3.63) is 57.6 Å². The van der Waals surface area contributed by atoms with Crippen molar-refractivity contribution in [1.29, 1.82) is 0 Å². The number of rotatable bonds is 3. The standard InChI is InChI=1S/C14H13NS2/c15-12(14-6-3-7-16-14)8-10-9-17-13-5-2-1-4-11(10)13/h1-7,9,12H,8,15H2. The summed E-state index contributed by atoms with van der Waals surface area (Å²) in [5, 5.41) is 5.67. The van der Waals surface area contributed by atoms with E-state index in [-0.39, 0.29) is 6.04 Å². The molecule has 1 unspecified atom stereocenters. The van der Waals surface area contributed by atoms with E-state index in [0.717, 1.165) is 6.42 Å². The SMILES string of the molecule is NC(Cc1csc2ccccc12)c1cccs1. The second-order valence-corrected chi connectivity index (χ2v) is 5.97. The summed E-state index contributed by atoms with van der Waals surface area (Å²) in [6, 6.07) is 12.8. The third kappa shape index (κ3) is 2.14. The summed E-state index contributed by atoms with van der Waals surface area (Å²) < 4.78 is 1.35. The Morgan fingerprint density at radius 2 is 1.94 bits per heavy atom. The highest BCUT2D eigenvalue weighted by molar-refractivity contribution is 7.17. The molecule has 2 aromatic heterocycles. The average Bonchev–Trinajstić information content (AvgIpc) is 2.98. The summed E-state index contributed by atoms with van der Waals surface area (Å²) >= 11 is 3.54. The smallest absolute Gasteiger partial charge is 0.0431 e. The number of thiophene rings is 2. The second-order valence-electron chi connectivity index (χ2n) is 4.08. The van der Waals surface area contributed by atoms with E-state index in [4.69, 9.17) is 5.73 Å². The minimum absolute atomic E-state index is 0.119. The summed E-state index contributed by atoms with van der Waals surface area (Å²) in [5.74, 6) is 0. The number of nitrogens with two attached hydrogens (primary N) is 1. The Kier molecular flexibility index (Phi) is 2.97. The lowest BCUT2D eigenvalue weighted by Gasteiger charge is -2.08. The lowest BCUT2D eigenvalue weighted by Crippen LogP contribution is -2.11. The zero-order valence-electron chi connectivity index (χ0n) is 9.30. The van der Waals surface area contributed by atoms with Crippen LogP contribution in [0.4, 0.5) is 0 Å². The largest absolute Gasteiger partial charge is 0.323 e. The molecular weight excluding hydrogens is 246 g/mol. The molecule has 0 aliphatic heterocycles. The molecule has 0 fully saturated rings. The Bertz CT molecular complexity index is 610. The van der Waals surface area contributed by atoms with Gasteiger partial charge in [0.1, 0.15) is 0 Å². The summed E-state index contributed by atoms with van der Waals surface area (Å²) in [5.41, 5.74) is 7.60. The van der Waals surface area contributed by atoms with Gasteiger partial charge in [-0.05, 0) is 40.3 Å². The molecule has 3 rings (SSSR count). The van der Waals surface area contributed by atoms with E-state index in [2.05, 4.69) is 47.2 Å². The lowest BCUT2D eigenvalue weighted by molar-refractivity contribution is 0.742. The van der Waals surface area contributed by atoms with Crippen molar-refractivity contribution in [1.82, 2.24) is 0 Å². The maximum absolute atomic E-state index is 6.24. The zero-order chi connectivity index (χ0) is 11.7. The van der Waals surface area contributed by atoms with Gasteiger partial charge in [-0.1, -0.05) is 24.3 Å². The molecule has 3 heteroatoms. The maximum Gasteiger partial charge on any atom is 0.0431 e. The van der Waals surface area contributed by atoms with Crippen LogP contribution in [0.15, 0.2) is 47.2 Å². The molecule has 1 aromatic carbocycles. The third-order valence-electron chi connectivity index (χ3n) is 2.91. The van der Waals surface area contributed by atoms with Crippen molar-refractivity contribution in [2.45, 2.75) is 12.5 Å². The van der Waals surface area contributed by atoms with Crippen molar-refractivity contribution in [2.75, 3.05) is 0 Å². The molecule has 17 heavy (non-hydrogen) atoms. The topological polar surface area (TPSA) is 26.0 Å². The van der Waals surface area contributed by atoms with E-state index in [0.29, 0.717) is 0 Å². The van der Waals surface area contributed by atoms with Gasteiger partial charge in [-0.25, -0.2) is 0 Å². The Hall–Kier alpha value is -1.16. The molecule has 0 saturated carbocycles. The molecule has 0 radical (unpaired) electrons. The fraction of sp³-hybridized carbons (Fsp3) is 0.143. The Morgan fingerprint density at radius 3 is 2.76 bits per heavy atom. The quantitative estimate of drug-likeness (QED) is 0.749. The van der Waals surface area contributed by atoms with Gasteiger partial charge in [-0.3, -0.25) is 0 Å². The molecule has 0 amide bonds. The predicted molar refractivity (Wildman–Crippen MR) is 76.8 cm³/mol. The number of hydrogen-bond donors (Lipinski definition) is 1. The molecule has 0 spiro atoms. The van der Waals surface area contributed by atoms with Gasteiger partial charge in [-0.2, -0.15) is 0 Å². The molecule has 0 aliphatic carbocycles. The van der Waals surface area contributed by atoms with Crippen LogP contribution in [0.5, 0.6) is 0 Å². The highest BCUT2D eigenvalue weighted by atomic mass is 32.1. The highest BCUT2D eigenvalue weighted by Crippen LogP contribution is 2.29.